The second-order valence-electron chi connectivity index (χ2n) is 10.6. The largest absolute Gasteiger partial charge is 0.494 e. The van der Waals surface area contributed by atoms with Crippen LogP contribution in [0.5, 0.6) is 5.75 Å². The maximum atomic E-state index is 14.4. The van der Waals surface area contributed by atoms with Crippen molar-refractivity contribution in [3.05, 3.63) is 134 Å². The smallest absolute Gasteiger partial charge is 0.252 e. The highest BCUT2D eigenvalue weighted by Crippen LogP contribution is 2.43. The molecule has 1 amide bonds. The average Bonchev–Trinajstić information content (AvgIpc) is 3.40. The molecule has 1 aliphatic rings. The fourth-order valence-electron chi connectivity index (χ4n) is 5.08. The third kappa shape index (κ3) is 7.55. The zero-order valence-electron chi connectivity index (χ0n) is 23.9. The van der Waals surface area contributed by atoms with Crippen LogP contribution in [-0.4, -0.2) is 42.2 Å². The third-order valence-electron chi connectivity index (χ3n) is 7.44. The van der Waals surface area contributed by atoms with Gasteiger partial charge in [-0.1, -0.05) is 92.0 Å². The van der Waals surface area contributed by atoms with E-state index in [0.717, 1.165) is 31.2 Å². The number of carbonyl (C=O) groups is 1. The van der Waals surface area contributed by atoms with Gasteiger partial charge in [-0.25, -0.2) is 4.99 Å². The van der Waals surface area contributed by atoms with Crippen molar-refractivity contribution in [2.75, 3.05) is 19.8 Å². The monoisotopic (exact) mass is 704 g/mol. The van der Waals surface area contributed by atoms with Crippen LogP contribution in [0, 0.1) is 6.92 Å². The lowest BCUT2D eigenvalue weighted by atomic mass is 9.82. The van der Waals surface area contributed by atoms with Crippen LogP contribution >= 0.6 is 31.9 Å². The van der Waals surface area contributed by atoms with Crippen LogP contribution < -0.4 is 10.1 Å². The number of carbonyl (C=O) groups excluding carboxylic acids is 1. The summed E-state index contributed by atoms with van der Waals surface area (Å²) in [5, 5.41) is 12.3. The number of aryl methyl sites for hydroxylation is 1. The number of ether oxygens (including phenoxy) is 2. The summed E-state index contributed by atoms with van der Waals surface area (Å²) in [6, 6.07) is 31.6. The Kier molecular flexibility index (Phi) is 10.3. The van der Waals surface area contributed by atoms with E-state index in [9.17, 15) is 4.79 Å². The number of aliphatic imine (C=N–C) groups is 1. The Balaban J connectivity index is 1.51. The molecule has 1 aliphatic heterocycles. The molecule has 2 atom stereocenters. The zero-order valence-corrected chi connectivity index (χ0v) is 27.1. The van der Waals surface area contributed by atoms with Gasteiger partial charge in [0.15, 0.2) is 11.6 Å². The van der Waals surface area contributed by atoms with E-state index < -0.39 is 11.6 Å². The molecule has 2 N–H and O–H groups in total. The molecule has 0 fully saturated rings. The highest BCUT2D eigenvalue weighted by molar-refractivity contribution is 9.10. The molecular weight excluding hydrogens is 672 g/mol. The molecule has 0 aromatic heterocycles. The van der Waals surface area contributed by atoms with Gasteiger partial charge in [-0.3, -0.25) is 4.79 Å². The van der Waals surface area contributed by atoms with Gasteiger partial charge in [0.2, 0.25) is 5.90 Å². The van der Waals surface area contributed by atoms with Gasteiger partial charge in [0, 0.05) is 40.5 Å². The van der Waals surface area contributed by atoms with Gasteiger partial charge >= 0.3 is 0 Å². The van der Waals surface area contributed by atoms with E-state index in [1.807, 2.05) is 72.8 Å². The summed E-state index contributed by atoms with van der Waals surface area (Å²) < 4.78 is 14.2. The molecule has 8 heteroatoms. The summed E-state index contributed by atoms with van der Waals surface area (Å²) >= 11 is 7.22. The Hall–Kier alpha value is -3.46. The first kappa shape index (κ1) is 31.0. The van der Waals surface area contributed by atoms with E-state index >= 15 is 0 Å². The highest BCUT2D eigenvalue weighted by atomic mass is 79.9. The lowest BCUT2D eigenvalue weighted by molar-refractivity contribution is -0.128. The molecule has 5 rings (SSSR count). The minimum absolute atomic E-state index is 0.0763. The molecule has 0 radical (unpaired) electrons. The number of amides is 1. The van der Waals surface area contributed by atoms with Gasteiger partial charge in [-0.2, -0.15) is 0 Å². The number of aliphatic hydroxyl groups excluding tert-OH is 1. The van der Waals surface area contributed by atoms with Gasteiger partial charge in [0.25, 0.3) is 5.91 Å². The molecule has 0 spiro atoms. The molecule has 4 aromatic carbocycles. The van der Waals surface area contributed by atoms with Gasteiger partial charge in [-0.15, -0.1) is 0 Å². The second-order valence-corrected chi connectivity index (χ2v) is 12.4. The van der Waals surface area contributed by atoms with Crippen molar-refractivity contribution in [1.29, 1.82) is 0 Å². The van der Waals surface area contributed by atoms with Gasteiger partial charge in [0.05, 0.1) is 6.61 Å². The Morgan fingerprint density at radius 3 is 2.40 bits per heavy atom. The lowest BCUT2D eigenvalue weighted by Gasteiger charge is -2.31. The summed E-state index contributed by atoms with van der Waals surface area (Å²) in [6.45, 7) is 3.04. The van der Waals surface area contributed by atoms with Crippen molar-refractivity contribution < 1.29 is 19.4 Å². The minimum Gasteiger partial charge on any atom is -0.494 e. The van der Waals surface area contributed by atoms with Crippen molar-refractivity contribution in [2.45, 2.75) is 37.8 Å². The Morgan fingerprint density at radius 1 is 0.977 bits per heavy atom. The Labute approximate surface area is 269 Å². The Bertz CT molecular complexity index is 1560. The predicted octanol–water partition coefficient (Wildman–Crippen LogP) is 7.14. The molecule has 6 nitrogen and oxygen atoms in total. The quantitative estimate of drug-likeness (QED) is 0.154. The maximum absolute atomic E-state index is 14.4. The zero-order chi connectivity index (χ0) is 30.2. The highest BCUT2D eigenvalue weighted by Gasteiger charge is 2.53. The molecule has 0 unspecified atom stereocenters. The van der Waals surface area contributed by atoms with Crippen LogP contribution in [0.2, 0.25) is 0 Å². The van der Waals surface area contributed by atoms with E-state index in [0.29, 0.717) is 44.1 Å². The number of aliphatic hydroxyl groups is 1. The van der Waals surface area contributed by atoms with Crippen LogP contribution in [0.3, 0.4) is 0 Å². The lowest BCUT2D eigenvalue weighted by Crippen LogP contribution is -2.50. The number of hydrogen-bond donors (Lipinski definition) is 2. The maximum Gasteiger partial charge on any atom is 0.252 e. The number of nitrogens with zero attached hydrogens (tertiary/aromatic N) is 1. The van der Waals surface area contributed by atoms with Crippen LogP contribution in [0.15, 0.2) is 111 Å². The second kappa shape index (κ2) is 14.3. The summed E-state index contributed by atoms with van der Waals surface area (Å²) in [7, 11) is 0. The number of hydrogen-bond acceptors (Lipinski definition) is 5. The minimum atomic E-state index is -1.27. The summed E-state index contributed by atoms with van der Waals surface area (Å²) in [5.74, 6) is 0.895. The molecule has 4 aromatic rings. The number of benzene rings is 4. The van der Waals surface area contributed by atoms with Gasteiger partial charge in [0.1, 0.15) is 5.75 Å². The first-order chi connectivity index (χ1) is 20.9. The molecule has 0 saturated carbocycles. The number of rotatable bonds is 12. The fourth-order valence-corrected chi connectivity index (χ4v) is 5.77. The molecule has 222 valence electrons. The first-order valence-corrected chi connectivity index (χ1v) is 15.9. The van der Waals surface area contributed by atoms with E-state index in [4.69, 9.17) is 19.6 Å². The average molecular weight is 706 g/mol. The molecular formula is C35H34Br2N2O4. The molecule has 43 heavy (non-hydrogen) atoms. The summed E-state index contributed by atoms with van der Waals surface area (Å²) in [6.07, 6.45) is 0.929. The van der Waals surface area contributed by atoms with E-state index in [-0.39, 0.29) is 12.5 Å². The van der Waals surface area contributed by atoms with Crippen LogP contribution in [0.4, 0.5) is 0 Å². The number of halogens is 2. The normalized spacial score (nSPS) is 17.7. The topological polar surface area (TPSA) is 80.2 Å². The summed E-state index contributed by atoms with van der Waals surface area (Å²) in [5.41, 5.74) is 3.65. The van der Waals surface area contributed by atoms with E-state index in [1.54, 1.807) is 0 Å². The molecule has 1 heterocycles. The predicted molar refractivity (Wildman–Crippen MR) is 177 cm³/mol. The van der Waals surface area contributed by atoms with Gasteiger partial charge < -0.3 is 19.9 Å². The third-order valence-corrected chi connectivity index (χ3v) is 8.74. The first-order valence-electron chi connectivity index (χ1n) is 14.3. The Morgan fingerprint density at radius 2 is 1.70 bits per heavy atom. The van der Waals surface area contributed by atoms with Crippen molar-refractivity contribution in [3.63, 3.8) is 0 Å². The van der Waals surface area contributed by atoms with Crippen molar-refractivity contribution >= 4 is 43.7 Å². The SMILES string of the molecule is Cc1ccc(CCNC(=O)[C@]2(Cc3ccccc3Br)N=C(c3ccc(OCCCO)cc3)O[C@@H]2c2ccc(Br)cc2)cc1. The fraction of sp³-hybridized carbons (Fsp3) is 0.257. The van der Waals surface area contributed by atoms with Gasteiger partial charge in [-0.05, 0) is 72.5 Å². The van der Waals surface area contributed by atoms with E-state index in [1.165, 1.54) is 5.56 Å². The van der Waals surface area contributed by atoms with Crippen molar-refractivity contribution in [3.8, 4) is 5.75 Å². The van der Waals surface area contributed by atoms with Crippen molar-refractivity contribution in [1.82, 2.24) is 5.32 Å². The van der Waals surface area contributed by atoms with Crippen molar-refractivity contribution in [2.24, 2.45) is 4.99 Å². The number of nitrogens with one attached hydrogen (secondary N) is 1. The molecule has 0 aliphatic carbocycles. The summed E-state index contributed by atoms with van der Waals surface area (Å²) in [4.78, 5) is 19.5. The standard InChI is InChI=1S/C35H34Br2N2O4/c1-24-7-9-25(10-8-24)19-20-38-34(41)35(23-28-5-2-3-6-31(28)37)32(26-11-15-29(36)16-12-26)43-33(39-35)27-13-17-30(18-14-27)42-22-4-21-40/h2-3,5-18,32,40H,4,19-23H2,1H3,(H,38,41)/t32-,35-/m1/s1. The van der Waals surface area contributed by atoms with E-state index in [2.05, 4.69) is 68.4 Å². The molecule has 0 bridgehead atoms. The molecule has 0 saturated heterocycles. The van der Waals surface area contributed by atoms with Crippen LogP contribution in [0.1, 0.15) is 40.3 Å². The van der Waals surface area contributed by atoms with Crippen LogP contribution in [-0.2, 0) is 22.4 Å². The van der Waals surface area contributed by atoms with Crippen LogP contribution in [0.25, 0.3) is 0 Å².